The largest absolute Gasteiger partial charge is 0.481 e. The molecule has 0 saturated heterocycles. The van der Waals surface area contributed by atoms with E-state index in [-0.39, 0.29) is 5.41 Å². The lowest BCUT2D eigenvalue weighted by Crippen LogP contribution is -2.31. The average Bonchev–Trinajstić information content (AvgIpc) is 2.17. The molecule has 0 spiro atoms. The second kappa shape index (κ2) is 6.27. The Kier molecular flexibility index (Phi) is 6.06. The minimum Gasteiger partial charge on any atom is -0.481 e. The van der Waals surface area contributed by atoms with E-state index in [9.17, 15) is 9.90 Å². The van der Waals surface area contributed by atoms with Crippen molar-refractivity contribution in [2.24, 2.45) is 10.8 Å². The number of hydrogen-bond acceptors (Lipinski definition) is 1. The Labute approximate surface area is 100 Å². The predicted molar refractivity (Wildman–Crippen MR) is 68.6 cm³/mol. The van der Waals surface area contributed by atoms with Gasteiger partial charge >= 0.3 is 5.97 Å². The Bertz CT molecular complexity index is 215. The molecule has 2 heteroatoms. The lowest BCUT2D eigenvalue weighted by Gasteiger charge is -2.31. The van der Waals surface area contributed by atoms with Crippen LogP contribution in [0.4, 0.5) is 0 Å². The molecule has 0 aliphatic heterocycles. The molecule has 0 rings (SSSR count). The van der Waals surface area contributed by atoms with Gasteiger partial charge in [-0.2, -0.15) is 0 Å². The highest BCUT2D eigenvalue weighted by Crippen LogP contribution is 2.38. The molecule has 1 unspecified atom stereocenters. The van der Waals surface area contributed by atoms with Crippen molar-refractivity contribution in [1.82, 2.24) is 0 Å². The number of hydrogen-bond donors (Lipinski definition) is 1. The first-order chi connectivity index (χ1) is 7.27. The molecule has 0 radical (unpaired) electrons. The van der Waals surface area contributed by atoms with Crippen molar-refractivity contribution in [2.45, 2.75) is 73.1 Å². The summed E-state index contributed by atoms with van der Waals surface area (Å²) in [5.41, 5.74) is -0.259. The fourth-order valence-electron chi connectivity index (χ4n) is 1.97. The molecule has 0 heterocycles. The molecule has 1 N–H and O–H groups in total. The van der Waals surface area contributed by atoms with E-state index in [0.717, 1.165) is 38.5 Å². The summed E-state index contributed by atoms with van der Waals surface area (Å²) in [6.07, 6.45) is 5.46. The maximum absolute atomic E-state index is 11.5. The van der Waals surface area contributed by atoms with Crippen LogP contribution in [-0.2, 0) is 4.79 Å². The van der Waals surface area contributed by atoms with Gasteiger partial charge in [0.1, 0.15) is 0 Å². The molecular weight excluding hydrogens is 200 g/mol. The minimum absolute atomic E-state index is 0.224. The van der Waals surface area contributed by atoms with E-state index in [0.29, 0.717) is 0 Å². The second-order valence-electron chi connectivity index (χ2n) is 6.10. The molecule has 0 aliphatic carbocycles. The van der Waals surface area contributed by atoms with Crippen LogP contribution in [0, 0.1) is 10.8 Å². The molecule has 0 bridgehead atoms. The molecule has 2 nitrogen and oxygen atoms in total. The van der Waals surface area contributed by atoms with Crippen molar-refractivity contribution in [2.75, 3.05) is 0 Å². The zero-order valence-electron chi connectivity index (χ0n) is 11.6. The number of carbonyl (C=O) groups is 1. The zero-order chi connectivity index (χ0) is 12.8. The smallest absolute Gasteiger partial charge is 0.309 e. The summed E-state index contributed by atoms with van der Waals surface area (Å²) in [6, 6.07) is 0. The van der Waals surface area contributed by atoms with Crippen LogP contribution in [0.2, 0.25) is 0 Å². The Morgan fingerprint density at radius 1 is 1.06 bits per heavy atom. The standard InChI is InChI=1S/C14H28O2/c1-6-8-9-14(7-2,12(15)16)11-10-13(3,4)5/h6-11H2,1-5H3,(H,15,16). The van der Waals surface area contributed by atoms with Crippen LogP contribution in [0.1, 0.15) is 73.1 Å². The molecule has 0 aliphatic rings. The average molecular weight is 228 g/mol. The van der Waals surface area contributed by atoms with Crippen molar-refractivity contribution in [3.05, 3.63) is 0 Å². The Morgan fingerprint density at radius 2 is 1.62 bits per heavy atom. The molecule has 0 aromatic rings. The summed E-state index contributed by atoms with van der Waals surface area (Å²) in [5, 5.41) is 9.45. The van der Waals surface area contributed by atoms with Gasteiger partial charge in [-0.15, -0.1) is 0 Å². The summed E-state index contributed by atoms with van der Waals surface area (Å²) < 4.78 is 0. The SMILES string of the molecule is CCCCC(CC)(CCC(C)(C)C)C(=O)O. The van der Waals surface area contributed by atoms with Crippen LogP contribution < -0.4 is 0 Å². The van der Waals surface area contributed by atoms with E-state index in [2.05, 4.69) is 27.7 Å². The molecule has 0 fully saturated rings. The minimum atomic E-state index is -0.604. The highest BCUT2D eigenvalue weighted by atomic mass is 16.4. The quantitative estimate of drug-likeness (QED) is 0.697. The number of aliphatic carboxylic acids is 1. The van der Waals surface area contributed by atoms with E-state index in [1.807, 2.05) is 6.92 Å². The molecule has 0 aromatic carbocycles. The van der Waals surface area contributed by atoms with Crippen molar-refractivity contribution >= 4 is 5.97 Å². The number of unbranched alkanes of at least 4 members (excludes halogenated alkanes) is 1. The molecule has 0 aromatic heterocycles. The maximum atomic E-state index is 11.5. The van der Waals surface area contributed by atoms with E-state index >= 15 is 0 Å². The fraction of sp³-hybridized carbons (Fsp3) is 0.929. The van der Waals surface area contributed by atoms with Crippen molar-refractivity contribution in [3.63, 3.8) is 0 Å². The van der Waals surface area contributed by atoms with Crippen molar-refractivity contribution < 1.29 is 9.90 Å². The normalized spacial score (nSPS) is 15.8. The van der Waals surface area contributed by atoms with E-state index in [1.165, 1.54) is 0 Å². The van der Waals surface area contributed by atoms with E-state index in [1.54, 1.807) is 0 Å². The van der Waals surface area contributed by atoms with Gasteiger partial charge in [-0.05, 0) is 31.1 Å². The highest BCUT2D eigenvalue weighted by molar-refractivity contribution is 5.74. The molecular formula is C14H28O2. The van der Waals surface area contributed by atoms with Crippen LogP contribution in [0.5, 0.6) is 0 Å². The van der Waals surface area contributed by atoms with Gasteiger partial charge in [-0.1, -0.05) is 47.5 Å². The zero-order valence-corrected chi connectivity index (χ0v) is 11.6. The summed E-state index contributed by atoms with van der Waals surface area (Å²) in [4.78, 5) is 11.5. The van der Waals surface area contributed by atoms with E-state index < -0.39 is 11.4 Å². The first-order valence-corrected chi connectivity index (χ1v) is 6.51. The molecule has 96 valence electrons. The number of rotatable bonds is 7. The van der Waals surface area contributed by atoms with Gasteiger partial charge in [-0.3, -0.25) is 4.79 Å². The van der Waals surface area contributed by atoms with Crippen LogP contribution in [0.15, 0.2) is 0 Å². The van der Waals surface area contributed by atoms with Gasteiger partial charge in [0.05, 0.1) is 5.41 Å². The van der Waals surface area contributed by atoms with Crippen LogP contribution in [0.25, 0.3) is 0 Å². The third-order valence-corrected chi connectivity index (χ3v) is 3.49. The molecule has 1 atom stereocenters. The number of carboxylic acids is 1. The molecule has 0 amide bonds. The highest BCUT2D eigenvalue weighted by Gasteiger charge is 2.36. The third kappa shape index (κ3) is 5.00. The van der Waals surface area contributed by atoms with E-state index in [4.69, 9.17) is 0 Å². The number of carboxylic acid groups (broad SMARTS) is 1. The van der Waals surface area contributed by atoms with Crippen LogP contribution in [-0.4, -0.2) is 11.1 Å². The maximum Gasteiger partial charge on any atom is 0.309 e. The summed E-state index contributed by atoms with van der Waals surface area (Å²) in [5.74, 6) is -0.604. The van der Waals surface area contributed by atoms with Gasteiger partial charge in [0.2, 0.25) is 0 Å². The van der Waals surface area contributed by atoms with Crippen molar-refractivity contribution in [3.8, 4) is 0 Å². The topological polar surface area (TPSA) is 37.3 Å². The second-order valence-corrected chi connectivity index (χ2v) is 6.10. The van der Waals surface area contributed by atoms with Gasteiger partial charge in [0.15, 0.2) is 0 Å². The molecule has 0 saturated carbocycles. The third-order valence-electron chi connectivity index (χ3n) is 3.49. The van der Waals surface area contributed by atoms with Crippen molar-refractivity contribution in [1.29, 1.82) is 0 Å². The van der Waals surface area contributed by atoms with Crippen LogP contribution in [0.3, 0.4) is 0 Å². The summed E-state index contributed by atoms with van der Waals surface area (Å²) in [6.45, 7) is 10.7. The van der Waals surface area contributed by atoms with Gasteiger partial charge in [0.25, 0.3) is 0 Å². The van der Waals surface area contributed by atoms with Gasteiger partial charge < -0.3 is 5.11 Å². The predicted octanol–water partition coefficient (Wildman–Crippen LogP) is 4.48. The lowest BCUT2D eigenvalue weighted by molar-refractivity contribution is -0.150. The summed E-state index contributed by atoms with van der Waals surface area (Å²) >= 11 is 0. The first kappa shape index (κ1) is 15.5. The first-order valence-electron chi connectivity index (χ1n) is 6.51. The monoisotopic (exact) mass is 228 g/mol. The Morgan fingerprint density at radius 3 is 1.94 bits per heavy atom. The lowest BCUT2D eigenvalue weighted by atomic mass is 9.73. The summed E-state index contributed by atoms with van der Waals surface area (Å²) in [7, 11) is 0. The fourth-order valence-corrected chi connectivity index (χ4v) is 1.97. The van der Waals surface area contributed by atoms with Gasteiger partial charge in [0, 0.05) is 0 Å². The molecule has 16 heavy (non-hydrogen) atoms. The Balaban J connectivity index is 4.57. The Hall–Kier alpha value is -0.530. The van der Waals surface area contributed by atoms with Crippen LogP contribution >= 0.6 is 0 Å². The van der Waals surface area contributed by atoms with Gasteiger partial charge in [-0.25, -0.2) is 0 Å².